The monoisotopic (exact) mass is 337 g/mol. The van der Waals surface area contributed by atoms with Gasteiger partial charge in [-0.2, -0.15) is 0 Å². The standard InChI is InChI=1S/C23H31NO/c1-3-21-18-23(4-2,20-11-8-12-22(25)17-20)14-16-24(21)15-13-19-9-6-5-7-10-19/h5-12,17,21,25H,3-4,13-16,18H2,1-2H3/t21?,23-/m1/s1. The van der Waals surface area contributed by atoms with E-state index in [2.05, 4.69) is 55.1 Å². The molecule has 134 valence electrons. The lowest BCUT2D eigenvalue weighted by atomic mass is 9.68. The molecule has 3 rings (SSSR count). The van der Waals surface area contributed by atoms with Crippen LogP contribution in [-0.4, -0.2) is 29.1 Å². The molecule has 0 amide bonds. The third-order valence-electron chi connectivity index (χ3n) is 6.16. The molecule has 0 spiro atoms. The van der Waals surface area contributed by atoms with Crippen molar-refractivity contribution in [2.75, 3.05) is 13.1 Å². The molecule has 1 heterocycles. The number of hydrogen-bond donors (Lipinski definition) is 1. The van der Waals surface area contributed by atoms with E-state index in [1.165, 1.54) is 30.4 Å². The summed E-state index contributed by atoms with van der Waals surface area (Å²) in [4.78, 5) is 2.68. The molecule has 1 N–H and O–H groups in total. The van der Waals surface area contributed by atoms with E-state index in [4.69, 9.17) is 0 Å². The summed E-state index contributed by atoms with van der Waals surface area (Å²) in [5.41, 5.74) is 2.96. The van der Waals surface area contributed by atoms with Crippen molar-refractivity contribution in [3.63, 3.8) is 0 Å². The van der Waals surface area contributed by atoms with E-state index in [0.717, 1.165) is 25.9 Å². The van der Waals surface area contributed by atoms with Gasteiger partial charge in [0, 0.05) is 12.6 Å². The Morgan fingerprint density at radius 2 is 1.88 bits per heavy atom. The van der Waals surface area contributed by atoms with E-state index in [1.54, 1.807) is 6.07 Å². The Labute approximate surface area is 152 Å². The molecular weight excluding hydrogens is 306 g/mol. The zero-order chi connectivity index (χ0) is 17.7. The van der Waals surface area contributed by atoms with Gasteiger partial charge in [-0.05, 0) is 67.3 Å². The van der Waals surface area contributed by atoms with Crippen molar-refractivity contribution in [3.05, 3.63) is 65.7 Å². The van der Waals surface area contributed by atoms with Gasteiger partial charge in [0.2, 0.25) is 0 Å². The van der Waals surface area contributed by atoms with Gasteiger partial charge in [0.15, 0.2) is 0 Å². The van der Waals surface area contributed by atoms with Gasteiger partial charge in [0.05, 0.1) is 0 Å². The highest BCUT2D eigenvalue weighted by Crippen LogP contribution is 2.42. The van der Waals surface area contributed by atoms with Crippen LogP contribution < -0.4 is 0 Å². The summed E-state index contributed by atoms with van der Waals surface area (Å²) >= 11 is 0. The first-order valence-electron chi connectivity index (χ1n) is 9.74. The molecule has 0 saturated carbocycles. The maximum atomic E-state index is 9.93. The molecule has 1 fully saturated rings. The number of hydrogen-bond acceptors (Lipinski definition) is 2. The topological polar surface area (TPSA) is 23.5 Å². The molecule has 2 aromatic carbocycles. The van der Waals surface area contributed by atoms with Gasteiger partial charge in [-0.25, -0.2) is 0 Å². The molecule has 2 atom stereocenters. The van der Waals surface area contributed by atoms with Crippen LogP contribution in [0.15, 0.2) is 54.6 Å². The van der Waals surface area contributed by atoms with Crippen LogP contribution in [-0.2, 0) is 11.8 Å². The van der Waals surface area contributed by atoms with Gasteiger partial charge >= 0.3 is 0 Å². The van der Waals surface area contributed by atoms with E-state index in [0.29, 0.717) is 11.8 Å². The number of likely N-dealkylation sites (tertiary alicyclic amines) is 1. The van der Waals surface area contributed by atoms with Crippen LogP contribution in [0.25, 0.3) is 0 Å². The second-order valence-corrected chi connectivity index (χ2v) is 7.47. The van der Waals surface area contributed by atoms with Crippen molar-refractivity contribution in [1.29, 1.82) is 0 Å². The molecule has 2 heteroatoms. The summed E-state index contributed by atoms with van der Waals surface area (Å²) in [5.74, 6) is 0.393. The second kappa shape index (κ2) is 8.05. The van der Waals surface area contributed by atoms with Gasteiger partial charge < -0.3 is 10.0 Å². The summed E-state index contributed by atoms with van der Waals surface area (Å²) in [5, 5.41) is 9.93. The molecule has 1 aliphatic heterocycles. The quantitative estimate of drug-likeness (QED) is 0.787. The van der Waals surface area contributed by atoms with Crippen molar-refractivity contribution in [1.82, 2.24) is 4.90 Å². The lowest BCUT2D eigenvalue weighted by Gasteiger charge is -2.47. The largest absolute Gasteiger partial charge is 0.508 e. The minimum absolute atomic E-state index is 0.211. The van der Waals surface area contributed by atoms with Crippen LogP contribution in [0.2, 0.25) is 0 Å². The van der Waals surface area contributed by atoms with E-state index in [-0.39, 0.29) is 5.41 Å². The number of rotatable bonds is 6. The van der Waals surface area contributed by atoms with Gasteiger partial charge in [-0.3, -0.25) is 0 Å². The van der Waals surface area contributed by atoms with Crippen molar-refractivity contribution in [2.24, 2.45) is 0 Å². The Bertz CT molecular complexity index is 669. The molecule has 0 aromatic heterocycles. The maximum Gasteiger partial charge on any atom is 0.115 e. The van der Waals surface area contributed by atoms with Crippen molar-refractivity contribution in [2.45, 2.75) is 57.4 Å². The number of benzene rings is 2. The van der Waals surface area contributed by atoms with E-state index in [1.807, 2.05) is 12.1 Å². The predicted molar refractivity (Wildman–Crippen MR) is 105 cm³/mol. The molecule has 2 aromatic rings. The molecule has 1 unspecified atom stereocenters. The molecule has 1 aliphatic rings. The zero-order valence-corrected chi connectivity index (χ0v) is 15.6. The van der Waals surface area contributed by atoms with Crippen LogP contribution in [0.3, 0.4) is 0 Å². The van der Waals surface area contributed by atoms with Crippen molar-refractivity contribution < 1.29 is 5.11 Å². The zero-order valence-electron chi connectivity index (χ0n) is 15.6. The minimum Gasteiger partial charge on any atom is -0.508 e. The van der Waals surface area contributed by atoms with E-state index in [9.17, 15) is 5.11 Å². The number of piperidine rings is 1. The molecule has 0 radical (unpaired) electrons. The Morgan fingerprint density at radius 3 is 2.56 bits per heavy atom. The third-order valence-corrected chi connectivity index (χ3v) is 6.16. The first-order chi connectivity index (χ1) is 12.2. The summed E-state index contributed by atoms with van der Waals surface area (Å²) in [6.45, 7) is 6.90. The maximum absolute atomic E-state index is 9.93. The second-order valence-electron chi connectivity index (χ2n) is 7.47. The van der Waals surface area contributed by atoms with Crippen LogP contribution >= 0.6 is 0 Å². The SMILES string of the molecule is CCC1C[C@](CC)(c2cccc(O)c2)CCN1CCc1ccccc1. The van der Waals surface area contributed by atoms with Gasteiger partial charge in [-0.15, -0.1) is 0 Å². The summed E-state index contributed by atoms with van der Waals surface area (Å²) < 4.78 is 0. The normalized spacial score (nSPS) is 24.3. The van der Waals surface area contributed by atoms with Crippen LogP contribution in [0.4, 0.5) is 0 Å². The van der Waals surface area contributed by atoms with Crippen LogP contribution in [0.1, 0.15) is 50.7 Å². The minimum atomic E-state index is 0.211. The van der Waals surface area contributed by atoms with Crippen molar-refractivity contribution in [3.8, 4) is 5.75 Å². The highest BCUT2D eigenvalue weighted by Gasteiger charge is 2.39. The molecule has 0 aliphatic carbocycles. The average molecular weight is 338 g/mol. The Balaban J connectivity index is 1.71. The number of phenolic OH excluding ortho intramolecular Hbond substituents is 1. The first-order valence-corrected chi connectivity index (χ1v) is 9.74. The molecule has 2 nitrogen and oxygen atoms in total. The van der Waals surface area contributed by atoms with Crippen molar-refractivity contribution >= 4 is 0 Å². The highest BCUT2D eigenvalue weighted by atomic mass is 16.3. The van der Waals surface area contributed by atoms with Crippen LogP contribution in [0.5, 0.6) is 5.75 Å². The molecule has 25 heavy (non-hydrogen) atoms. The Kier molecular flexibility index (Phi) is 5.80. The van der Waals surface area contributed by atoms with E-state index >= 15 is 0 Å². The third kappa shape index (κ3) is 4.07. The fraction of sp³-hybridized carbons (Fsp3) is 0.478. The number of aromatic hydroxyl groups is 1. The first kappa shape index (κ1) is 18.0. The summed E-state index contributed by atoms with van der Waals surface area (Å²) in [6.07, 6.45) is 5.83. The Morgan fingerprint density at radius 1 is 1.08 bits per heavy atom. The number of phenols is 1. The lowest BCUT2D eigenvalue weighted by molar-refractivity contribution is 0.0874. The Hall–Kier alpha value is -1.80. The van der Waals surface area contributed by atoms with Gasteiger partial charge in [0.25, 0.3) is 0 Å². The smallest absolute Gasteiger partial charge is 0.115 e. The molecule has 0 bridgehead atoms. The summed E-state index contributed by atoms with van der Waals surface area (Å²) in [7, 11) is 0. The van der Waals surface area contributed by atoms with E-state index < -0.39 is 0 Å². The lowest BCUT2D eigenvalue weighted by Crippen LogP contribution is -2.49. The fourth-order valence-electron chi connectivity index (χ4n) is 4.46. The molecular formula is C23H31NO. The van der Waals surface area contributed by atoms with Crippen LogP contribution in [0, 0.1) is 0 Å². The van der Waals surface area contributed by atoms with Gasteiger partial charge in [0.1, 0.15) is 5.75 Å². The number of nitrogens with zero attached hydrogens (tertiary/aromatic N) is 1. The van der Waals surface area contributed by atoms with Gasteiger partial charge in [-0.1, -0.05) is 56.3 Å². The fourth-order valence-corrected chi connectivity index (χ4v) is 4.46. The summed E-state index contributed by atoms with van der Waals surface area (Å²) in [6, 6.07) is 19.4. The molecule has 1 saturated heterocycles. The predicted octanol–water partition coefficient (Wildman–Crippen LogP) is 5.16. The average Bonchev–Trinajstić information content (AvgIpc) is 2.67. The highest BCUT2D eigenvalue weighted by molar-refractivity contribution is 5.34.